The minimum atomic E-state index is -0.415. The summed E-state index contributed by atoms with van der Waals surface area (Å²) >= 11 is 0. The van der Waals surface area contributed by atoms with Gasteiger partial charge in [-0.15, -0.1) is 0 Å². The van der Waals surface area contributed by atoms with Crippen LogP contribution in [0.3, 0.4) is 0 Å². The largest absolute Gasteiger partial charge is 0.313 e. The van der Waals surface area contributed by atoms with Crippen LogP contribution in [0.4, 0.5) is 8.78 Å². The summed E-state index contributed by atoms with van der Waals surface area (Å²) in [6.45, 7) is 4.29. The van der Waals surface area contributed by atoms with Gasteiger partial charge in [-0.2, -0.15) is 0 Å². The number of rotatable bonds is 5. The molecule has 1 N–H and O–H groups in total. The van der Waals surface area contributed by atoms with Crippen LogP contribution in [0.5, 0.6) is 0 Å². The highest BCUT2D eigenvalue weighted by molar-refractivity contribution is 5.28. The van der Waals surface area contributed by atoms with Gasteiger partial charge in [0.15, 0.2) is 0 Å². The first-order valence-electron chi connectivity index (χ1n) is 7.22. The second-order valence-electron chi connectivity index (χ2n) is 5.61. The zero-order chi connectivity index (χ0) is 15.4. The predicted molar refractivity (Wildman–Crippen MR) is 82.4 cm³/mol. The average molecular weight is 289 g/mol. The van der Waals surface area contributed by atoms with Crippen LogP contribution in [-0.4, -0.2) is 7.05 Å². The fourth-order valence-electron chi connectivity index (χ4n) is 2.42. The Kier molecular flexibility index (Phi) is 5.07. The summed E-state index contributed by atoms with van der Waals surface area (Å²) in [4.78, 5) is 0. The van der Waals surface area contributed by atoms with Crippen molar-refractivity contribution in [2.45, 2.75) is 32.2 Å². The molecular formula is C18H21F2N. The zero-order valence-electron chi connectivity index (χ0n) is 12.7. The third-order valence-corrected chi connectivity index (χ3v) is 3.77. The summed E-state index contributed by atoms with van der Waals surface area (Å²) in [6.07, 6.45) is 0.620. The van der Waals surface area contributed by atoms with Crippen LogP contribution in [0, 0.1) is 11.6 Å². The molecule has 0 aliphatic heterocycles. The van der Waals surface area contributed by atoms with Crippen LogP contribution in [0.1, 0.15) is 42.5 Å². The molecule has 2 aromatic carbocycles. The first-order chi connectivity index (χ1) is 10.0. The van der Waals surface area contributed by atoms with Crippen LogP contribution in [-0.2, 0) is 6.42 Å². The molecule has 112 valence electrons. The van der Waals surface area contributed by atoms with Crippen LogP contribution in [0.15, 0.2) is 42.5 Å². The van der Waals surface area contributed by atoms with E-state index in [4.69, 9.17) is 0 Å². The van der Waals surface area contributed by atoms with Crippen molar-refractivity contribution in [3.05, 3.63) is 70.8 Å². The molecule has 0 saturated carbocycles. The third kappa shape index (κ3) is 3.88. The Balaban J connectivity index is 2.20. The Morgan fingerprint density at radius 2 is 1.67 bits per heavy atom. The van der Waals surface area contributed by atoms with Crippen molar-refractivity contribution in [3.63, 3.8) is 0 Å². The lowest BCUT2D eigenvalue weighted by molar-refractivity contribution is 0.523. The highest BCUT2D eigenvalue weighted by atomic mass is 19.1. The van der Waals surface area contributed by atoms with Gasteiger partial charge in [-0.05, 0) is 48.7 Å². The second-order valence-corrected chi connectivity index (χ2v) is 5.61. The van der Waals surface area contributed by atoms with Crippen molar-refractivity contribution < 1.29 is 8.78 Å². The Labute approximate surface area is 125 Å². The van der Waals surface area contributed by atoms with Gasteiger partial charge in [0.25, 0.3) is 0 Å². The lowest BCUT2D eigenvalue weighted by Gasteiger charge is -2.18. The fourth-order valence-corrected chi connectivity index (χ4v) is 2.42. The van der Waals surface area contributed by atoms with Gasteiger partial charge < -0.3 is 5.32 Å². The summed E-state index contributed by atoms with van der Waals surface area (Å²) in [5, 5.41) is 3.07. The van der Waals surface area contributed by atoms with Gasteiger partial charge in [0.2, 0.25) is 0 Å². The number of hydrogen-bond donors (Lipinski definition) is 1. The molecule has 0 bridgehead atoms. The molecule has 0 saturated heterocycles. The maximum absolute atomic E-state index is 13.9. The van der Waals surface area contributed by atoms with Crippen molar-refractivity contribution in [2.24, 2.45) is 0 Å². The fraction of sp³-hybridized carbons (Fsp3) is 0.333. The molecule has 0 spiro atoms. The Bertz CT molecular complexity index is 591. The molecule has 2 rings (SSSR count). The second kappa shape index (κ2) is 6.81. The van der Waals surface area contributed by atoms with Crippen molar-refractivity contribution in [1.82, 2.24) is 5.32 Å². The topological polar surface area (TPSA) is 12.0 Å². The Hall–Kier alpha value is -1.74. The van der Waals surface area contributed by atoms with Crippen molar-refractivity contribution in [3.8, 4) is 0 Å². The number of nitrogens with one attached hydrogen (secondary N) is 1. The summed E-state index contributed by atoms with van der Waals surface area (Å²) in [5.41, 5.74) is 2.74. The maximum Gasteiger partial charge on any atom is 0.128 e. The highest BCUT2D eigenvalue weighted by Crippen LogP contribution is 2.23. The monoisotopic (exact) mass is 289 g/mol. The number of halogens is 2. The molecule has 3 heteroatoms. The summed E-state index contributed by atoms with van der Waals surface area (Å²) in [6, 6.07) is 11.6. The smallest absolute Gasteiger partial charge is 0.128 e. The third-order valence-electron chi connectivity index (χ3n) is 3.77. The van der Waals surface area contributed by atoms with E-state index in [0.717, 1.165) is 11.6 Å². The molecule has 0 heterocycles. The molecular weight excluding hydrogens is 268 g/mol. The number of hydrogen-bond acceptors (Lipinski definition) is 1. The molecule has 0 fully saturated rings. The summed E-state index contributed by atoms with van der Waals surface area (Å²) < 4.78 is 27.2. The normalized spacial score (nSPS) is 12.7. The minimum Gasteiger partial charge on any atom is -0.313 e. The van der Waals surface area contributed by atoms with Crippen LogP contribution >= 0.6 is 0 Å². The standard InChI is InChI=1S/C18H21F2N/c1-12(2)14-6-4-13(5-7-14)10-18(21-3)16-11-15(19)8-9-17(16)20/h4-9,11-12,18,21H,10H2,1-3H3. The van der Waals surface area contributed by atoms with E-state index in [1.807, 2.05) is 0 Å². The van der Waals surface area contributed by atoms with E-state index in [9.17, 15) is 8.78 Å². The first kappa shape index (κ1) is 15.6. The van der Waals surface area contributed by atoms with Gasteiger partial charge in [0, 0.05) is 11.6 Å². The van der Waals surface area contributed by atoms with Crippen molar-refractivity contribution in [1.29, 1.82) is 0 Å². The molecule has 1 unspecified atom stereocenters. The molecule has 0 amide bonds. The van der Waals surface area contributed by atoms with E-state index in [-0.39, 0.29) is 11.9 Å². The quantitative estimate of drug-likeness (QED) is 0.848. The molecule has 1 atom stereocenters. The molecule has 0 aliphatic carbocycles. The van der Waals surface area contributed by atoms with Crippen LogP contribution in [0.25, 0.3) is 0 Å². The maximum atomic E-state index is 13.9. The van der Waals surface area contributed by atoms with E-state index in [0.29, 0.717) is 17.9 Å². The van der Waals surface area contributed by atoms with E-state index in [2.05, 4.69) is 43.4 Å². The molecule has 21 heavy (non-hydrogen) atoms. The molecule has 0 radical (unpaired) electrons. The predicted octanol–water partition coefficient (Wildman–Crippen LogP) is 4.59. The van der Waals surface area contributed by atoms with Gasteiger partial charge in [-0.3, -0.25) is 0 Å². The number of benzene rings is 2. The Morgan fingerprint density at radius 3 is 2.24 bits per heavy atom. The summed E-state index contributed by atoms with van der Waals surface area (Å²) in [7, 11) is 1.76. The first-order valence-corrected chi connectivity index (χ1v) is 7.22. The van der Waals surface area contributed by atoms with Crippen LogP contribution in [0.2, 0.25) is 0 Å². The van der Waals surface area contributed by atoms with Gasteiger partial charge in [0.05, 0.1) is 0 Å². The zero-order valence-corrected chi connectivity index (χ0v) is 12.7. The van der Waals surface area contributed by atoms with Gasteiger partial charge in [-0.1, -0.05) is 38.1 Å². The van der Waals surface area contributed by atoms with Crippen molar-refractivity contribution >= 4 is 0 Å². The lowest BCUT2D eigenvalue weighted by atomic mass is 9.96. The highest BCUT2D eigenvalue weighted by Gasteiger charge is 2.15. The minimum absolute atomic E-state index is 0.245. The molecule has 0 aliphatic rings. The lowest BCUT2D eigenvalue weighted by Crippen LogP contribution is -2.20. The summed E-state index contributed by atoms with van der Waals surface area (Å²) in [5.74, 6) is -0.309. The van der Waals surface area contributed by atoms with Gasteiger partial charge in [-0.25, -0.2) is 8.78 Å². The van der Waals surface area contributed by atoms with Gasteiger partial charge >= 0.3 is 0 Å². The van der Waals surface area contributed by atoms with Crippen LogP contribution < -0.4 is 5.32 Å². The van der Waals surface area contributed by atoms with E-state index in [1.165, 1.54) is 17.7 Å². The average Bonchev–Trinajstić information content (AvgIpc) is 2.48. The Morgan fingerprint density at radius 1 is 1.00 bits per heavy atom. The molecule has 1 nitrogen and oxygen atoms in total. The molecule has 2 aromatic rings. The van der Waals surface area contributed by atoms with E-state index >= 15 is 0 Å². The molecule has 0 aromatic heterocycles. The number of likely N-dealkylation sites (N-methyl/N-ethyl adjacent to an activating group) is 1. The SMILES string of the molecule is CNC(Cc1ccc(C(C)C)cc1)c1cc(F)ccc1F. The van der Waals surface area contributed by atoms with Gasteiger partial charge in [0.1, 0.15) is 11.6 Å². The van der Waals surface area contributed by atoms with E-state index in [1.54, 1.807) is 7.05 Å². The van der Waals surface area contributed by atoms with Crippen molar-refractivity contribution in [2.75, 3.05) is 7.05 Å². The van der Waals surface area contributed by atoms with E-state index < -0.39 is 5.82 Å².